The fraction of sp³-hybridized carbons (Fsp3) is 0.833. The average molecular weight is 927 g/mol. The largest absolute Gasteiger partial charge is 0.462 e. The van der Waals surface area contributed by atoms with Crippen LogP contribution in [0.1, 0.15) is 297 Å². The molecule has 6 nitrogen and oxygen atoms in total. The van der Waals surface area contributed by atoms with Gasteiger partial charge in [0, 0.05) is 6.42 Å². The molecule has 0 aromatic carbocycles. The Morgan fingerprint density at radius 3 is 1.24 bits per heavy atom. The van der Waals surface area contributed by atoms with Crippen LogP contribution in [0.4, 0.5) is 0 Å². The molecule has 0 aliphatic rings. The van der Waals surface area contributed by atoms with E-state index in [4.69, 9.17) is 4.74 Å². The fourth-order valence-corrected chi connectivity index (χ4v) is 8.91. The van der Waals surface area contributed by atoms with Crippen LogP contribution in [0.25, 0.3) is 0 Å². The first kappa shape index (κ1) is 63.8. The molecule has 3 atom stereocenters. The van der Waals surface area contributed by atoms with Crippen molar-refractivity contribution in [2.75, 3.05) is 6.61 Å². The van der Waals surface area contributed by atoms with Gasteiger partial charge in [-0.15, -0.1) is 0 Å². The number of aliphatic hydroxyl groups is 2. The van der Waals surface area contributed by atoms with Gasteiger partial charge in [0.1, 0.15) is 6.10 Å². The molecule has 6 heteroatoms. The lowest BCUT2D eigenvalue weighted by Gasteiger charge is -2.24. The molecule has 0 heterocycles. The normalized spacial score (nSPS) is 13.5. The van der Waals surface area contributed by atoms with Gasteiger partial charge in [-0.05, 0) is 44.9 Å². The molecule has 0 aromatic heterocycles. The van der Waals surface area contributed by atoms with Gasteiger partial charge in [-0.3, -0.25) is 9.59 Å². The molecule has 3 N–H and O–H groups in total. The Hall–Kier alpha value is -2.18. The summed E-state index contributed by atoms with van der Waals surface area (Å²) in [5.41, 5.74) is 0. The third kappa shape index (κ3) is 48.3. The third-order valence-electron chi connectivity index (χ3n) is 13.3. The lowest BCUT2D eigenvalue weighted by molar-refractivity contribution is -0.151. The highest BCUT2D eigenvalue weighted by atomic mass is 16.5. The highest BCUT2D eigenvalue weighted by Gasteiger charge is 2.24. The molecule has 1 amide bonds. The van der Waals surface area contributed by atoms with Gasteiger partial charge in [-0.2, -0.15) is 0 Å². The summed E-state index contributed by atoms with van der Waals surface area (Å²) in [6.45, 7) is 6.37. The Kier molecular flexibility index (Phi) is 52.0. The number of unbranched alkanes of at least 4 members (excludes halogenated alkanes) is 35. The van der Waals surface area contributed by atoms with Gasteiger partial charge in [0.2, 0.25) is 5.91 Å². The Morgan fingerprint density at radius 2 is 0.818 bits per heavy atom. The second kappa shape index (κ2) is 53.8. The van der Waals surface area contributed by atoms with E-state index in [0.29, 0.717) is 19.3 Å². The number of nitrogens with one attached hydrogen (secondary N) is 1. The van der Waals surface area contributed by atoms with Crippen LogP contribution < -0.4 is 5.32 Å². The number of carbonyl (C=O) groups excluding carboxylic acids is 2. The predicted molar refractivity (Wildman–Crippen MR) is 287 cm³/mol. The summed E-state index contributed by atoms with van der Waals surface area (Å²) in [6.07, 6.45) is 66.1. The van der Waals surface area contributed by atoms with E-state index in [0.717, 1.165) is 70.6 Å². The first-order chi connectivity index (χ1) is 32.5. The number of ether oxygens (including phenoxy) is 1. The minimum absolute atomic E-state index is 0.0544. The van der Waals surface area contributed by atoms with Gasteiger partial charge >= 0.3 is 5.97 Å². The number of esters is 1. The summed E-state index contributed by atoms with van der Waals surface area (Å²) in [6, 6.07) is -0.714. The monoisotopic (exact) mass is 926 g/mol. The maximum atomic E-state index is 13.3. The molecule has 0 fully saturated rings. The van der Waals surface area contributed by atoms with Gasteiger partial charge in [0.15, 0.2) is 0 Å². The molecule has 0 rings (SSSR count). The molecule has 3 unspecified atom stereocenters. The van der Waals surface area contributed by atoms with Crippen molar-refractivity contribution in [3.63, 3.8) is 0 Å². The smallest absolute Gasteiger partial charge is 0.306 e. The number of allylic oxidation sites excluding steroid dienone is 8. The van der Waals surface area contributed by atoms with Crippen LogP contribution in [-0.2, 0) is 14.3 Å². The molecule has 0 aliphatic heterocycles. The van der Waals surface area contributed by atoms with Crippen molar-refractivity contribution in [3.05, 3.63) is 48.6 Å². The summed E-state index contributed by atoms with van der Waals surface area (Å²) >= 11 is 0. The first-order valence-electron chi connectivity index (χ1n) is 28.9. The molecule has 0 aromatic rings. The molecule has 386 valence electrons. The van der Waals surface area contributed by atoms with Crippen molar-refractivity contribution in [2.24, 2.45) is 0 Å². The zero-order valence-electron chi connectivity index (χ0n) is 44.1. The lowest BCUT2D eigenvalue weighted by atomic mass is 10.0. The zero-order valence-corrected chi connectivity index (χ0v) is 44.1. The van der Waals surface area contributed by atoms with E-state index in [1.165, 1.54) is 180 Å². The summed E-state index contributed by atoms with van der Waals surface area (Å²) in [5.74, 6) is -0.500. The van der Waals surface area contributed by atoms with Crippen molar-refractivity contribution in [3.8, 4) is 0 Å². The van der Waals surface area contributed by atoms with Gasteiger partial charge in [-0.25, -0.2) is 0 Å². The molecule has 0 saturated heterocycles. The number of hydrogen-bond donors (Lipinski definition) is 3. The topological polar surface area (TPSA) is 95.9 Å². The number of hydrogen-bond acceptors (Lipinski definition) is 5. The fourth-order valence-electron chi connectivity index (χ4n) is 8.91. The minimum atomic E-state index is -0.798. The molecule has 0 saturated carbocycles. The Morgan fingerprint density at radius 1 is 0.455 bits per heavy atom. The maximum Gasteiger partial charge on any atom is 0.306 e. The van der Waals surface area contributed by atoms with E-state index < -0.39 is 18.2 Å². The van der Waals surface area contributed by atoms with E-state index in [2.05, 4.69) is 50.4 Å². The van der Waals surface area contributed by atoms with E-state index in [1.54, 1.807) is 0 Å². The van der Waals surface area contributed by atoms with Crippen molar-refractivity contribution in [2.45, 2.75) is 315 Å². The summed E-state index contributed by atoms with van der Waals surface area (Å²) < 4.78 is 5.94. The molecule has 66 heavy (non-hydrogen) atoms. The lowest BCUT2D eigenvalue weighted by Crippen LogP contribution is -2.46. The Balaban J connectivity index is 4.51. The Labute approximate surface area is 410 Å². The molecule has 0 aliphatic carbocycles. The van der Waals surface area contributed by atoms with E-state index in [1.807, 2.05) is 24.3 Å². The van der Waals surface area contributed by atoms with Crippen molar-refractivity contribution < 1.29 is 24.5 Å². The molecule has 0 bridgehead atoms. The minimum Gasteiger partial charge on any atom is -0.462 e. The highest BCUT2D eigenvalue weighted by Crippen LogP contribution is 2.19. The molecular formula is C60H111NO5. The number of aliphatic hydroxyl groups excluding tert-OH is 2. The van der Waals surface area contributed by atoms with Crippen molar-refractivity contribution in [1.82, 2.24) is 5.32 Å². The second-order valence-electron chi connectivity index (χ2n) is 19.8. The zero-order chi connectivity index (χ0) is 48.1. The number of rotatable bonds is 52. The standard InChI is InChI=1S/C60H111NO5/c1-4-7-10-13-16-19-22-25-27-29-31-34-37-40-43-46-49-52-58(63)57(55-62)61-59(64)54-56(51-48-45-42-39-36-33-24-21-18-15-12-9-6-3)66-60(65)53-50-47-44-41-38-35-32-30-28-26-23-20-17-14-11-8-5-2/h9,12,15,18,21,24,33,36,56-58,62-63H,4-8,10-11,13-14,16-17,19-20,22-23,25-32,34-35,37-55H2,1-3H3,(H,61,64)/b12-9+,18-15+,24-21+,36-33-. The predicted octanol–water partition coefficient (Wildman–Crippen LogP) is 17.8. The first-order valence-corrected chi connectivity index (χ1v) is 28.9. The SMILES string of the molecule is CC/C=C/C=C/C=C/C=C\CCCCCC(CC(=O)NC(CO)C(O)CCCCCCCCCCCCCCCCCCC)OC(=O)CCCCCCCCCCCCCCCCCCC. The van der Waals surface area contributed by atoms with Crippen LogP contribution in [0.3, 0.4) is 0 Å². The van der Waals surface area contributed by atoms with E-state index >= 15 is 0 Å². The Bertz CT molecular complexity index is 1130. The van der Waals surface area contributed by atoms with Gasteiger partial charge in [0.25, 0.3) is 0 Å². The summed E-state index contributed by atoms with van der Waals surface area (Å²) in [5, 5.41) is 23.9. The van der Waals surface area contributed by atoms with Crippen LogP contribution in [-0.4, -0.2) is 46.9 Å². The van der Waals surface area contributed by atoms with Crippen LogP contribution >= 0.6 is 0 Å². The molecule has 0 spiro atoms. The molecular weight excluding hydrogens is 815 g/mol. The number of amides is 1. The maximum absolute atomic E-state index is 13.3. The van der Waals surface area contributed by atoms with Crippen LogP contribution in [0.15, 0.2) is 48.6 Å². The van der Waals surface area contributed by atoms with Crippen molar-refractivity contribution in [1.29, 1.82) is 0 Å². The summed E-state index contributed by atoms with van der Waals surface area (Å²) in [7, 11) is 0. The second-order valence-corrected chi connectivity index (χ2v) is 19.8. The van der Waals surface area contributed by atoms with Gasteiger partial charge in [0.05, 0.1) is 25.2 Å². The van der Waals surface area contributed by atoms with Crippen molar-refractivity contribution >= 4 is 11.9 Å². The van der Waals surface area contributed by atoms with Crippen LogP contribution in [0, 0.1) is 0 Å². The van der Waals surface area contributed by atoms with Crippen LogP contribution in [0.2, 0.25) is 0 Å². The van der Waals surface area contributed by atoms with Crippen LogP contribution in [0.5, 0.6) is 0 Å². The van der Waals surface area contributed by atoms with E-state index in [-0.39, 0.29) is 24.9 Å². The average Bonchev–Trinajstić information content (AvgIpc) is 3.31. The summed E-state index contributed by atoms with van der Waals surface area (Å²) in [4.78, 5) is 26.2. The third-order valence-corrected chi connectivity index (χ3v) is 13.3. The van der Waals surface area contributed by atoms with E-state index in [9.17, 15) is 19.8 Å². The van der Waals surface area contributed by atoms with Gasteiger partial charge < -0.3 is 20.3 Å². The molecule has 0 radical (unpaired) electrons. The quantitative estimate of drug-likeness (QED) is 0.0321. The number of carbonyl (C=O) groups is 2. The van der Waals surface area contributed by atoms with Gasteiger partial charge in [-0.1, -0.05) is 288 Å². The highest BCUT2D eigenvalue weighted by molar-refractivity contribution is 5.77.